The van der Waals surface area contributed by atoms with Crippen LogP contribution in [0, 0.1) is 13.8 Å². The molecular weight excluding hydrogens is 462 g/mol. The first kappa shape index (κ1) is 28.4. The van der Waals surface area contributed by atoms with Crippen LogP contribution in [0.2, 0.25) is 0 Å². The molecular formula is C28H39NO5S. The van der Waals surface area contributed by atoms with Gasteiger partial charge in [0.15, 0.2) is 9.84 Å². The summed E-state index contributed by atoms with van der Waals surface area (Å²) in [6, 6.07) is 13.7. The third-order valence-electron chi connectivity index (χ3n) is 5.47. The number of aryl methyl sites for hydroxylation is 2. The molecule has 2 aromatic carbocycles. The van der Waals surface area contributed by atoms with Crippen LogP contribution in [0.5, 0.6) is 11.5 Å². The molecule has 0 radical (unpaired) electrons. The number of ether oxygens (including phenoxy) is 2. The Morgan fingerprint density at radius 1 is 0.971 bits per heavy atom. The number of unbranched alkanes of at least 4 members (excludes halogenated alkanes) is 3. The Morgan fingerprint density at radius 3 is 2.31 bits per heavy atom. The van der Waals surface area contributed by atoms with Crippen molar-refractivity contribution < 1.29 is 22.7 Å². The molecule has 0 spiro atoms. The monoisotopic (exact) mass is 501 g/mol. The van der Waals surface area contributed by atoms with Crippen LogP contribution in [-0.4, -0.2) is 46.0 Å². The van der Waals surface area contributed by atoms with Gasteiger partial charge in [-0.3, -0.25) is 0 Å². The van der Waals surface area contributed by atoms with Crippen LogP contribution in [0.4, 0.5) is 0 Å². The standard InChI is InChI=1S/C28H39NO5S/c1-5-6-16-33-27-19-23(2)28(24(3)20-27)34-17-12-7-8-13-18-35(30,31)22-26(29-32-4)21-25-14-10-9-11-15-25/h5-6,9-11,14-15,19-20H,7-8,12-13,16-18,21-22H2,1-4H3/b6-5+,29-26?. The van der Waals surface area contributed by atoms with Crippen molar-refractivity contribution in [2.75, 3.05) is 31.8 Å². The summed E-state index contributed by atoms with van der Waals surface area (Å²) in [4.78, 5) is 4.87. The molecule has 0 saturated carbocycles. The van der Waals surface area contributed by atoms with Gasteiger partial charge in [-0.15, -0.1) is 0 Å². The Labute approximate surface area is 210 Å². The number of hydrogen-bond donors (Lipinski definition) is 0. The number of rotatable bonds is 16. The van der Waals surface area contributed by atoms with E-state index in [0.717, 1.165) is 47.5 Å². The SMILES string of the molecule is C/C=C/COc1cc(C)c(OCCCCCCS(=O)(=O)CC(Cc2ccccc2)=NOC)c(C)c1. The summed E-state index contributed by atoms with van der Waals surface area (Å²) < 4.78 is 36.9. The molecule has 0 aliphatic carbocycles. The van der Waals surface area contributed by atoms with Gasteiger partial charge >= 0.3 is 0 Å². The first-order chi connectivity index (χ1) is 16.8. The molecule has 0 saturated heterocycles. The van der Waals surface area contributed by atoms with Crippen molar-refractivity contribution in [3.8, 4) is 11.5 Å². The second kappa shape index (κ2) is 15.2. The van der Waals surface area contributed by atoms with E-state index in [1.807, 2.05) is 75.4 Å². The molecule has 0 aromatic heterocycles. The zero-order valence-electron chi connectivity index (χ0n) is 21.5. The van der Waals surface area contributed by atoms with Gasteiger partial charge in [-0.2, -0.15) is 0 Å². The van der Waals surface area contributed by atoms with Crippen LogP contribution in [0.3, 0.4) is 0 Å². The number of sulfone groups is 1. The van der Waals surface area contributed by atoms with Crippen LogP contribution in [0.25, 0.3) is 0 Å². The Kier molecular flexibility index (Phi) is 12.4. The fourth-order valence-corrected chi connectivity index (χ4v) is 5.26. The van der Waals surface area contributed by atoms with E-state index >= 15 is 0 Å². The van der Waals surface area contributed by atoms with Gasteiger partial charge in [-0.1, -0.05) is 60.5 Å². The van der Waals surface area contributed by atoms with E-state index in [2.05, 4.69) is 5.16 Å². The molecule has 0 aliphatic heterocycles. The number of hydrogen-bond acceptors (Lipinski definition) is 6. The van der Waals surface area contributed by atoms with Gasteiger partial charge in [-0.05, 0) is 62.4 Å². The lowest BCUT2D eigenvalue weighted by atomic mass is 10.1. The predicted molar refractivity (Wildman–Crippen MR) is 143 cm³/mol. The van der Waals surface area contributed by atoms with Gasteiger partial charge in [0.2, 0.25) is 0 Å². The van der Waals surface area contributed by atoms with E-state index in [-0.39, 0.29) is 11.5 Å². The number of benzene rings is 2. The maximum absolute atomic E-state index is 12.6. The second-order valence-corrected chi connectivity index (χ2v) is 10.8. The molecule has 0 amide bonds. The summed E-state index contributed by atoms with van der Waals surface area (Å²) in [5, 5.41) is 3.95. The Hall–Kier alpha value is -2.80. The molecule has 0 fully saturated rings. The summed E-state index contributed by atoms with van der Waals surface area (Å²) in [6.45, 7) is 7.17. The van der Waals surface area contributed by atoms with E-state index in [4.69, 9.17) is 14.3 Å². The van der Waals surface area contributed by atoms with Crippen molar-refractivity contribution >= 4 is 15.5 Å². The third-order valence-corrected chi connectivity index (χ3v) is 7.15. The Morgan fingerprint density at radius 2 is 1.66 bits per heavy atom. The van der Waals surface area contributed by atoms with Gasteiger partial charge in [0.25, 0.3) is 0 Å². The van der Waals surface area contributed by atoms with Crippen molar-refractivity contribution in [3.63, 3.8) is 0 Å². The number of allylic oxidation sites excluding steroid dienone is 1. The Balaban J connectivity index is 1.70. The molecule has 192 valence electrons. The molecule has 35 heavy (non-hydrogen) atoms. The molecule has 0 unspecified atom stereocenters. The average Bonchev–Trinajstić information content (AvgIpc) is 2.80. The van der Waals surface area contributed by atoms with Gasteiger partial charge in [0.05, 0.1) is 23.8 Å². The molecule has 0 N–H and O–H groups in total. The third kappa shape index (κ3) is 11.0. The summed E-state index contributed by atoms with van der Waals surface area (Å²) in [7, 11) is -1.80. The van der Waals surface area contributed by atoms with Crippen LogP contribution in [0.1, 0.15) is 49.3 Å². The molecule has 0 aliphatic rings. The minimum absolute atomic E-state index is 0.0775. The van der Waals surface area contributed by atoms with Crippen molar-refractivity contribution in [1.29, 1.82) is 0 Å². The van der Waals surface area contributed by atoms with E-state index in [9.17, 15) is 8.42 Å². The van der Waals surface area contributed by atoms with Crippen LogP contribution >= 0.6 is 0 Å². The highest BCUT2D eigenvalue weighted by atomic mass is 32.2. The fraction of sp³-hybridized carbons (Fsp3) is 0.464. The van der Waals surface area contributed by atoms with E-state index < -0.39 is 9.84 Å². The molecule has 2 rings (SSSR count). The minimum atomic E-state index is -3.24. The van der Waals surface area contributed by atoms with Crippen molar-refractivity contribution in [1.82, 2.24) is 0 Å². The zero-order chi connectivity index (χ0) is 25.5. The molecule has 6 nitrogen and oxygen atoms in total. The summed E-state index contributed by atoms with van der Waals surface area (Å²) in [6.07, 6.45) is 7.66. The maximum Gasteiger partial charge on any atom is 0.155 e. The zero-order valence-corrected chi connectivity index (χ0v) is 22.3. The molecule has 0 heterocycles. The summed E-state index contributed by atoms with van der Waals surface area (Å²) in [5.41, 5.74) is 3.64. The van der Waals surface area contributed by atoms with Crippen molar-refractivity contribution in [3.05, 3.63) is 71.3 Å². The van der Waals surface area contributed by atoms with Gasteiger partial charge < -0.3 is 14.3 Å². The fourth-order valence-electron chi connectivity index (χ4n) is 3.81. The normalized spacial score (nSPS) is 12.2. The smallest absolute Gasteiger partial charge is 0.155 e. The quantitative estimate of drug-likeness (QED) is 0.125. The first-order valence-corrected chi connectivity index (χ1v) is 14.0. The predicted octanol–water partition coefficient (Wildman–Crippen LogP) is 5.86. The number of oxime groups is 1. The lowest BCUT2D eigenvalue weighted by Gasteiger charge is -2.14. The topological polar surface area (TPSA) is 74.2 Å². The lowest BCUT2D eigenvalue weighted by Crippen LogP contribution is -2.21. The minimum Gasteiger partial charge on any atom is -0.493 e. The van der Waals surface area contributed by atoms with Crippen LogP contribution in [0.15, 0.2) is 59.8 Å². The molecule has 0 atom stereocenters. The Bertz CT molecular complexity index is 1040. The first-order valence-electron chi connectivity index (χ1n) is 12.2. The lowest BCUT2D eigenvalue weighted by molar-refractivity contribution is 0.212. The average molecular weight is 502 g/mol. The molecule has 7 heteroatoms. The summed E-state index contributed by atoms with van der Waals surface area (Å²) in [5.74, 6) is 1.81. The highest BCUT2D eigenvalue weighted by Crippen LogP contribution is 2.28. The van der Waals surface area contributed by atoms with Gasteiger partial charge in [0, 0.05) is 6.42 Å². The van der Waals surface area contributed by atoms with Gasteiger partial charge in [-0.25, -0.2) is 8.42 Å². The molecule has 2 aromatic rings. The second-order valence-electron chi connectivity index (χ2n) is 8.62. The van der Waals surface area contributed by atoms with Crippen LogP contribution in [-0.2, 0) is 21.1 Å². The highest BCUT2D eigenvalue weighted by Gasteiger charge is 2.16. The summed E-state index contributed by atoms with van der Waals surface area (Å²) >= 11 is 0. The molecule has 0 bridgehead atoms. The van der Waals surface area contributed by atoms with Crippen molar-refractivity contribution in [2.45, 2.75) is 52.9 Å². The van der Waals surface area contributed by atoms with E-state index in [0.29, 0.717) is 31.8 Å². The van der Waals surface area contributed by atoms with Crippen molar-refractivity contribution in [2.24, 2.45) is 5.16 Å². The van der Waals surface area contributed by atoms with E-state index in [1.54, 1.807) is 0 Å². The van der Waals surface area contributed by atoms with E-state index in [1.165, 1.54) is 7.11 Å². The maximum atomic E-state index is 12.6. The largest absolute Gasteiger partial charge is 0.493 e. The van der Waals surface area contributed by atoms with Gasteiger partial charge in [0.1, 0.15) is 25.2 Å². The van der Waals surface area contributed by atoms with Crippen LogP contribution < -0.4 is 9.47 Å². The highest BCUT2D eigenvalue weighted by molar-refractivity contribution is 7.92. The number of nitrogens with zero attached hydrogens (tertiary/aromatic N) is 1.